The number of hydrogen-bond acceptors (Lipinski definition) is 3. The average Bonchev–Trinajstić information content (AvgIpc) is 2.21. The van der Waals surface area contributed by atoms with Gasteiger partial charge in [0.1, 0.15) is 18.1 Å². The lowest BCUT2D eigenvalue weighted by Crippen LogP contribution is -2.15. The number of rotatable bonds is 5. The highest BCUT2D eigenvalue weighted by molar-refractivity contribution is 9.10. The van der Waals surface area contributed by atoms with E-state index in [0.717, 1.165) is 22.5 Å². The van der Waals surface area contributed by atoms with Gasteiger partial charge in [-0.2, -0.15) is 0 Å². The third-order valence-corrected chi connectivity index (χ3v) is 2.40. The Kier molecular flexibility index (Phi) is 4.76. The molecular weight excluding hydrogens is 246 g/mol. The predicted molar refractivity (Wildman–Crippen MR) is 60.1 cm³/mol. The van der Waals surface area contributed by atoms with E-state index in [2.05, 4.69) is 21.2 Å². The van der Waals surface area contributed by atoms with Crippen molar-refractivity contribution in [3.8, 4) is 11.5 Å². The summed E-state index contributed by atoms with van der Waals surface area (Å²) in [5.74, 6) is 1.60. The van der Waals surface area contributed by atoms with Crippen LogP contribution >= 0.6 is 15.9 Å². The number of nitrogens with one attached hydrogen (secondary N) is 1. The summed E-state index contributed by atoms with van der Waals surface area (Å²) >= 11 is 3.38. The Morgan fingerprint density at radius 3 is 2.86 bits per heavy atom. The SMILES string of the molecule is CNCCOc1ccc(Br)c(OC)c1. The van der Waals surface area contributed by atoms with E-state index in [-0.39, 0.29) is 0 Å². The zero-order valence-electron chi connectivity index (χ0n) is 8.34. The fourth-order valence-corrected chi connectivity index (χ4v) is 1.41. The summed E-state index contributed by atoms with van der Waals surface area (Å²) < 4.78 is 11.6. The fourth-order valence-electron chi connectivity index (χ4n) is 1.00. The Hall–Kier alpha value is -0.740. The largest absolute Gasteiger partial charge is 0.495 e. The van der Waals surface area contributed by atoms with Crippen molar-refractivity contribution in [2.75, 3.05) is 27.3 Å². The van der Waals surface area contributed by atoms with E-state index < -0.39 is 0 Å². The zero-order chi connectivity index (χ0) is 10.4. The van der Waals surface area contributed by atoms with Crippen molar-refractivity contribution >= 4 is 15.9 Å². The first kappa shape index (κ1) is 11.3. The molecule has 0 heterocycles. The van der Waals surface area contributed by atoms with E-state index in [4.69, 9.17) is 9.47 Å². The van der Waals surface area contributed by atoms with Crippen molar-refractivity contribution in [1.29, 1.82) is 0 Å². The number of hydrogen-bond donors (Lipinski definition) is 1. The molecule has 0 atom stereocenters. The van der Waals surface area contributed by atoms with Crippen LogP contribution in [0.25, 0.3) is 0 Å². The second-order valence-corrected chi connectivity index (χ2v) is 3.60. The van der Waals surface area contributed by atoms with Gasteiger partial charge in [0.05, 0.1) is 11.6 Å². The molecular formula is C10H14BrNO2. The van der Waals surface area contributed by atoms with E-state index in [9.17, 15) is 0 Å². The summed E-state index contributed by atoms with van der Waals surface area (Å²) in [5.41, 5.74) is 0. The molecule has 0 unspecified atom stereocenters. The maximum atomic E-state index is 5.48. The molecule has 1 aromatic carbocycles. The van der Waals surface area contributed by atoms with Crippen molar-refractivity contribution in [2.45, 2.75) is 0 Å². The summed E-state index contributed by atoms with van der Waals surface area (Å²) in [6.07, 6.45) is 0. The summed E-state index contributed by atoms with van der Waals surface area (Å²) in [5, 5.41) is 3.01. The standard InChI is InChI=1S/C10H14BrNO2/c1-12-5-6-14-8-3-4-9(11)10(7-8)13-2/h3-4,7,12H,5-6H2,1-2H3. The maximum Gasteiger partial charge on any atom is 0.136 e. The van der Waals surface area contributed by atoms with Gasteiger partial charge >= 0.3 is 0 Å². The number of benzene rings is 1. The minimum Gasteiger partial charge on any atom is -0.495 e. The molecule has 4 heteroatoms. The molecule has 0 bridgehead atoms. The van der Waals surface area contributed by atoms with Crippen molar-refractivity contribution < 1.29 is 9.47 Å². The molecule has 1 aromatic rings. The van der Waals surface area contributed by atoms with Crippen LogP contribution < -0.4 is 14.8 Å². The van der Waals surface area contributed by atoms with Crippen molar-refractivity contribution in [1.82, 2.24) is 5.32 Å². The van der Waals surface area contributed by atoms with Crippen LogP contribution in [0.2, 0.25) is 0 Å². The van der Waals surface area contributed by atoms with Gasteiger partial charge in [-0.15, -0.1) is 0 Å². The molecule has 0 aliphatic carbocycles. The van der Waals surface area contributed by atoms with E-state index >= 15 is 0 Å². The second-order valence-electron chi connectivity index (χ2n) is 2.75. The monoisotopic (exact) mass is 259 g/mol. The van der Waals surface area contributed by atoms with E-state index in [0.29, 0.717) is 6.61 Å². The molecule has 3 nitrogen and oxygen atoms in total. The molecule has 0 spiro atoms. The highest BCUT2D eigenvalue weighted by Gasteiger charge is 2.01. The quantitative estimate of drug-likeness (QED) is 0.822. The van der Waals surface area contributed by atoms with Crippen LogP contribution in [0.3, 0.4) is 0 Å². The molecule has 0 saturated carbocycles. The number of methoxy groups -OCH3 is 1. The van der Waals surface area contributed by atoms with Crippen molar-refractivity contribution in [3.05, 3.63) is 22.7 Å². The average molecular weight is 260 g/mol. The Balaban J connectivity index is 2.60. The van der Waals surface area contributed by atoms with Crippen LogP contribution in [-0.4, -0.2) is 27.3 Å². The summed E-state index contributed by atoms with van der Waals surface area (Å²) in [6.45, 7) is 1.49. The van der Waals surface area contributed by atoms with Crippen molar-refractivity contribution in [2.24, 2.45) is 0 Å². The van der Waals surface area contributed by atoms with Gasteiger partial charge in [0.2, 0.25) is 0 Å². The van der Waals surface area contributed by atoms with Gasteiger partial charge < -0.3 is 14.8 Å². The van der Waals surface area contributed by atoms with Crippen LogP contribution in [-0.2, 0) is 0 Å². The van der Waals surface area contributed by atoms with Crippen LogP contribution in [0.1, 0.15) is 0 Å². The Morgan fingerprint density at radius 2 is 2.21 bits per heavy atom. The first-order chi connectivity index (χ1) is 6.77. The molecule has 14 heavy (non-hydrogen) atoms. The normalized spacial score (nSPS) is 9.93. The molecule has 0 radical (unpaired) electrons. The Bertz CT molecular complexity index is 291. The molecule has 1 rings (SSSR count). The molecule has 0 aliphatic rings. The summed E-state index contributed by atoms with van der Waals surface area (Å²) in [6, 6.07) is 5.68. The number of halogens is 1. The lowest BCUT2D eigenvalue weighted by molar-refractivity contribution is 0.315. The van der Waals surface area contributed by atoms with Gasteiger partial charge in [-0.1, -0.05) is 0 Å². The smallest absolute Gasteiger partial charge is 0.136 e. The topological polar surface area (TPSA) is 30.5 Å². The minimum absolute atomic E-state index is 0.654. The maximum absolute atomic E-state index is 5.48. The third kappa shape index (κ3) is 3.20. The Morgan fingerprint density at radius 1 is 1.43 bits per heavy atom. The minimum atomic E-state index is 0.654. The second kappa shape index (κ2) is 5.88. The van der Waals surface area contributed by atoms with Gasteiger partial charge in [0.25, 0.3) is 0 Å². The van der Waals surface area contributed by atoms with Crippen LogP contribution in [0, 0.1) is 0 Å². The van der Waals surface area contributed by atoms with Crippen LogP contribution in [0.5, 0.6) is 11.5 Å². The molecule has 0 saturated heterocycles. The van der Waals surface area contributed by atoms with E-state index in [1.807, 2.05) is 25.2 Å². The predicted octanol–water partition coefficient (Wildman–Crippen LogP) is 2.06. The molecule has 0 fully saturated rings. The van der Waals surface area contributed by atoms with Gasteiger partial charge in [-0.3, -0.25) is 0 Å². The molecule has 0 amide bonds. The van der Waals surface area contributed by atoms with Gasteiger partial charge in [-0.25, -0.2) is 0 Å². The van der Waals surface area contributed by atoms with Gasteiger partial charge in [0.15, 0.2) is 0 Å². The lowest BCUT2D eigenvalue weighted by Gasteiger charge is -2.08. The first-order valence-electron chi connectivity index (χ1n) is 4.39. The van der Waals surface area contributed by atoms with E-state index in [1.54, 1.807) is 7.11 Å². The number of ether oxygens (including phenoxy) is 2. The van der Waals surface area contributed by atoms with Gasteiger partial charge in [0, 0.05) is 12.6 Å². The lowest BCUT2D eigenvalue weighted by atomic mass is 10.3. The fraction of sp³-hybridized carbons (Fsp3) is 0.400. The van der Waals surface area contributed by atoms with Gasteiger partial charge in [-0.05, 0) is 35.1 Å². The highest BCUT2D eigenvalue weighted by atomic mass is 79.9. The van der Waals surface area contributed by atoms with Crippen molar-refractivity contribution in [3.63, 3.8) is 0 Å². The van der Waals surface area contributed by atoms with E-state index in [1.165, 1.54) is 0 Å². The Labute approximate surface area is 92.5 Å². The number of likely N-dealkylation sites (N-methyl/N-ethyl adjacent to an activating group) is 1. The molecule has 78 valence electrons. The zero-order valence-corrected chi connectivity index (χ0v) is 9.93. The summed E-state index contributed by atoms with van der Waals surface area (Å²) in [4.78, 5) is 0. The molecule has 1 N–H and O–H groups in total. The highest BCUT2D eigenvalue weighted by Crippen LogP contribution is 2.28. The van der Waals surface area contributed by atoms with Crippen LogP contribution in [0.4, 0.5) is 0 Å². The first-order valence-corrected chi connectivity index (χ1v) is 5.18. The molecule has 0 aliphatic heterocycles. The third-order valence-electron chi connectivity index (χ3n) is 1.74. The summed E-state index contributed by atoms with van der Waals surface area (Å²) in [7, 11) is 3.53. The van der Waals surface area contributed by atoms with Crippen LogP contribution in [0.15, 0.2) is 22.7 Å². The molecule has 0 aromatic heterocycles.